The zero-order valence-corrected chi connectivity index (χ0v) is 12.2. The molecule has 1 heterocycles. The number of hydrogen-bond acceptors (Lipinski definition) is 4. The van der Waals surface area contributed by atoms with Crippen LogP contribution in [0.4, 0.5) is 5.69 Å². The minimum atomic E-state index is -0.102. The molecule has 0 radical (unpaired) electrons. The first-order chi connectivity index (χ1) is 10.2. The van der Waals surface area contributed by atoms with E-state index in [2.05, 4.69) is 15.6 Å². The molecule has 0 bridgehead atoms. The van der Waals surface area contributed by atoms with Crippen LogP contribution in [0.3, 0.4) is 0 Å². The fourth-order valence-electron chi connectivity index (χ4n) is 1.83. The Labute approximate surface area is 124 Å². The van der Waals surface area contributed by atoms with Gasteiger partial charge in [-0.2, -0.15) is 0 Å². The molecule has 0 spiro atoms. The number of nitrogens with zero attached hydrogens (tertiary/aromatic N) is 1. The van der Waals surface area contributed by atoms with Crippen LogP contribution in [0.5, 0.6) is 11.6 Å². The quantitative estimate of drug-likeness (QED) is 0.856. The molecule has 0 saturated carbocycles. The van der Waals surface area contributed by atoms with Crippen LogP contribution in [0.25, 0.3) is 0 Å². The van der Waals surface area contributed by atoms with Crippen LogP contribution in [-0.2, 0) is 4.79 Å². The van der Waals surface area contributed by atoms with Crippen molar-refractivity contribution in [3.8, 4) is 11.6 Å². The van der Waals surface area contributed by atoms with Crippen molar-refractivity contribution in [3.05, 3.63) is 48.7 Å². The number of hydrogen-bond donors (Lipinski definition) is 2. The summed E-state index contributed by atoms with van der Waals surface area (Å²) in [6, 6.07) is 12.7. The summed E-state index contributed by atoms with van der Waals surface area (Å²) in [5.74, 6) is 1.02. The van der Waals surface area contributed by atoms with Gasteiger partial charge in [0, 0.05) is 36.5 Å². The van der Waals surface area contributed by atoms with Gasteiger partial charge in [0.15, 0.2) is 0 Å². The summed E-state index contributed by atoms with van der Waals surface area (Å²) in [5, 5.41) is 5.86. The lowest BCUT2D eigenvalue weighted by Gasteiger charge is -2.12. The van der Waals surface area contributed by atoms with Gasteiger partial charge in [0.1, 0.15) is 5.75 Å². The van der Waals surface area contributed by atoms with Crippen molar-refractivity contribution in [2.45, 2.75) is 6.92 Å². The fraction of sp³-hybridized carbons (Fsp3) is 0.250. The normalized spacial score (nSPS) is 11.7. The van der Waals surface area contributed by atoms with Gasteiger partial charge in [0.25, 0.3) is 0 Å². The van der Waals surface area contributed by atoms with E-state index in [1.54, 1.807) is 18.3 Å². The summed E-state index contributed by atoms with van der Waals surface area (Å²) < 4.78 is 5.63. The number of carbonyl (C=O) groups is 1. The number of ether oxygens (including phenoxy) is 1. The van der Waals surface area contributed by atoms with E-state index in [4.69, 9.17) is 4.74 Å². The van der Waals surface area contributed by atoms with Crippen molar-refractivity contribution >= 4 is 11.6 Å². The Hall–Kier alpha value is -2.40. The monoisotopic (exact) mass is 285 g/mol. The number of aromatic nitrogens is 1. The summed E-state index contributed by atoms with van der Waals surface area (Å²) >= 11 is 0. The first-order valence-corrected chi connectivity index (χ1v) is 6.83. The molecule has 1 unspecified atom stereocenters. The second kappa shape index (κ2) is 7.40. The van der Waals surface area contributed by atoms with Crippen LogP contribution >= 0.6 is 0 Å². The van der Waals surface area contributed by atoms with E-state index in [0.29, 0.717) is 23.9 Å². The van der Waals surface area contributed by atoms with Crippen LogP contribution in [0, 0.1) is 5.92 Å². The number of benzene rings is 1. The largest absolute Gasteiger partial charge is 0.439 e. The van der Waals surface area contributed by atoms with E-state index in [1.807, 2.05) is 44.3 Å². The Bertz CT molecular complexity index is 587. The number of amides is 1. The molecular weight excluding hydrogens is 266 g/mol. The van der Waals surface area contributed by atoms with Gasteiger partial charge in [-0.15, -0.1) is 0 Å². The first-order valence-electron chi connectivity index (χ1n) is 6.83. The van der Waals surface area contributed by atoms with Crippen molar-refractivity contribution in [2.24, 2.45) is 5.92 Å². The second-order valence-corrected chi connectivity index (χ2v) is 4.75. The van der Waals surface area contributed by atoms with Crippen LogP contribution in [-0.4, -0.2) is 24.5 Å². The first kappa shape index (κ1) is 15.0. The van der Waals surface area contributed by atoms with Gasteiger partial charge in [0.05, 0.1) is 0 Å². The Morgan fingerprint density at radius 3 is 2.86 bits per heavy atom. The number of nitrogens with one attached hydrogen (secondary N) is 2. The molecule has 2 aromatic rings. The van der Waals surface area contributed by atoms with Crippen molar-refractivity contribution in [1.29, 1.82) is 0 Å². The van der Waals surface area contributed by atoms with Gasteiger partial charge in [-0.05, 0) is 25.2 Å². The molecule has 0 saturated heterocycles. The summed E-state index contributed by atoms with van der Waals surface area (Å²) in [5.41, 5.74) is 0.705. The van der Waals surface area contributed by atoms with Gasteiger partial charge in [0.2, 0.25) is 11.8 Å². The maximum absolute atomic E-state index is 12.0. The van der Waals surface area contributed by atoms with Gasteiger partial charge in [-0.3, -0.25) is 4.79 Å². The van der Waals surface area contributed by atoms with Crippen molar-refractivity contribution < 1.29 is 9.53 Å². The molecular formula is C16H19N3O2. The van der Waals surface area contributed by atoms with Gasteiger partial charge < -0.3 is 15.4 Å². The van der Waals surface area contributed by atoms with Crippen molar-refractivity contribution in [3.63, 3.8) is 0 Å². The number of pyridine rings is 1. The average Bonchev–Trinajstić information content (AvgIpc) is 2.49. The highest BCUT2D eigenvalue weighted by molar-refractivity contribution is 5.92. The predicted octanol–water partition coefficient (Wildman–Crippen LogP) is 2.67. The molecule has 2 N–H and O–H groups in total. The smallest absolute Gasteiger partial charge is 0.228 e. The van der Waals surface area contributed by atoms with E-state index in [1.165, 1.54) is 0 Å². The third-order valence-electron chi connectivity index (χ3n) is 2.92. The highest BCUT2D eigenvalue weighted by Crippen LogP contribution is 2.22. The standard InChI is InChI=1S/C16H19N3O2/c1-12(11-17-2)16(20)19-13-6-5-7-14(10-13)21-15-8-3-4-9-18-15/h3-10,12,17H,11H2,1-2H3,(H,19,20). The molecule has 2 rings (SSSR count). The van der Waals surface area contributed by atoms with Gasteiger partial charge >= 0.3 is 0 Å². The lowest BCUT2D eigenvalue weighted by Crippen LogP contribution is -2.28. The van der Waals surface area contributed by atoms with Crippen molar-refractivity contribution in [1.82, 2.24) is 10.3 Å². The molecule has 0 aliphatic heterocycles. The second-order valence-electron chi connectivity index (χ2n) is 4.75. The van der Waals surface area contributed by atoms with Gasteiger partial charge in [-0.1, -0.05) is 19.1 Å². The number of anilines is 1. The molecule has 110 valence electrons. The van der Waals surface area contributed by atoms with Crippen LogP contribution in [0.2, 0.25) is 0 Å². The Kier molecular flexibility index (Phi) is 5.29. The maximum atomic E-state index is 12.0. The third kappa shape index (κ3) is 4.57. The third-order valence-corrected chi connectivity index (χ3v) is 2.92. The zero-order chi connectivity index (χ0) is 15.1. The summed E-state index contributed by atoms with van der Waals surface area (Å²) in [4.78, 5) is 16.1. The highest BCUT2D eigenvalue weighted by atomic mass is 16.5. The molecule has 5 heteroatoms. The molecule has 21 heavy (non-hydrogen) atoms. The topological polar surface area (TPSA) is 63.2 Å². The number of rotatable bonds is 6. The van der Waals surface area contributed by atoms with Crippen LogP contribution < -0.4 is 15.4 Å². The predicted molar refractivity (Wildman–Crippen MR) is 82.5 cm³/mol. The van der Waals surface area contributed by atoms with Crippen molar-refractivity contribution in [2.75, 3.05) is 18.9 Å². The van der Waals surface area contributed by atoms with Crippen LogP contribution in [0.15, 0.2) is 48.7 Å². The molecule has 5 nitrogen and oxygen atoms in total. The average molecular weight is 285 g/mol. The molecule has 0 fully saturated rings. The SMILES string of the molecule is CNCC(C)C(=O)Nc1cccc(Oc2ccccn2)c1. The lowest BCUT2D eigenvalue weighted by molar-refractivity contribution is -0.119. The lowest BCUT2D eigenvalue weighted by atomic mass is 10.1. The van der Waals surface area contributed by atoms with Crippen LogP contribution in [0.1, 0.15) is 6.92 Å². The molecule has 1 amide bonds. The number of carbonyl (C=O) groups excluding carboxylic acids is 1. The molecule has 1 aromatic carbocycles. The molecule has 0 aliphatic carbocycles. The Balaban J connectivity index is 2.02. The molecule has 1 aromatic heterocycles. The van der Waals surface area contributed by atoms with Gasteiger partial charge in [-0.25, -0.2) is 4.98 Å². The summed E-state index contributed by atoms with van der Waals surface area (Å²) in [6.45, 7) is 2.51. The Morgan fingerprint density at radius 1 is 1.29 bits per heavy atom. The minimum absolute atomic E-state index is 0.0284. The minimum Gasteiger partial charge on any atom is -0.439 e. The summed E-state index contributed by atoms with van der Waals surface area (Å²) in [6.07, 6.45) is 1.67. The van der Waals surface area contributed by atoms with E-state index >= 15 is 0 Å². The molecule has 1 atom stereocenters. The van der Waals surface area contributed by atoms with E-state index in [-0.39, 0.29) is 11.8 Å². The van der Waals surface area contributed by atoms with E-state index in [0.717, 1.165) is 0 Å². The highest BCUT2D eigenvalue weighted by Gasteiger charge is 2.12. The van der Waals surface area contributed by atoms with E-state index < -0.39 is 0 Å². The maximum Gasteiger partial charge on any atom is 0.228 e. The van der Waals surface area contributed by atoms with E-state index in [9.17, 15) is 4.79 Å². The fourth-order valence-corrected chi connectivity index (χ4v) is 1.83. The Morgan fingerprint density at radius 2 is 2.14 bits per heavy atom. The molecule has 0 aliphatic rings. The summed E-state index contributed by atoms with van der Waals surface area (Å²) in [7, 11) is 1.82. The zero-order valence-electron chi connectivity index (χ0n) is 12.2.